The fourth-order valence-electron chi connectivity index (χ4n) is 2.46. The van der Waals surface area contributed by atoms with Gasteiger partial charge in [-0.05, 0) is 33.2 Å². The van der Waals surface area contributed by atoms with Gasteiger partial charge in [0.2, 0.25) is 0 Å². The quantitative estimate of drug-likeness (QED) is 0.353. The lowest BCUT2D eigenvalue weighted by Crippen LogP contribution is -2.41. The second kappa shape index (κ2) is 6.46. The maximum atomic E-state index is 11.7. The van der Waals surface area contributed by atoms with Crippen LogP contribution in [-0.4, -0.2) is 36.3 Å². The Morgan fingerprint density at radius 2 is 1.88 bits per heavy atom. The van der Waals surface area contributed by atoms with Crippen LogP contribution >= 0.6 is 0 Å². The molecule has 0 spiro atoms. The monoisotopic (exact) mass is 346 g/mol. The van der Waals surface area contributed by atoms with Crippen LogP contribution in [0.4, 0.5) is 5.69 Å². The molecular formula is C16H19BN2O6. The Hall–Kier alpha value is -2.44. The van der Waals surface area contributed by atoms with Crippen LogP contribution in [0.1, 0.15) is 39.2 Å². The van der Waals surface area contributed by atoms with E-state index in [1.165, 1.54) is 12.1 Å². The molecule has 1 atom stereocenters. The number of nitrogens with zero attached hydrogens (tertiary/aromatic N) is 2. The zero-order valence-electron chi connectivity index (χ0n) is 14.7. The molecule has 8 nitrogen and oxygen atoms in total. The van der Waals surface area contributed by atoms with Crippen molar-refractivity contribution in [1.82, 2.24) is 0 Å². The highest BCUT2D eigenvalue weighted by Gasteiger charge is 2.52. The molecule has 0 saturated carbocycles. The average molecular weight is 346 g/mol. The number of nitriles is 1. The van der Waals surface area contributed by atoms with Gasteiger partial charge in [-0.15, -0.1) is 0 Å². The van der Waals surface area contributed by atoms with E-state index in [4.69, 9.17) is 9.31 Å². The maximum absolute atomic E-state index is 11.7. The topological polar surface area (TPSA) is 112 Å². The average Bonchev–Trinajstić information content (AvgIpc) is 2.75. The van der Waals surface area contributed by atoms with Gasteiger partial charge in [0.1, 0.15) is 0 Å². The van der Waals surface area contributed by atoms with Gasteiger partial charge in [-0.1, -0.05) is 12.1 Å². The number of hydrogen-bond acceptors (Lipinski definition) is 7. The van der Waals surface area contributed by atoms with Crippen molar-refractivity contribution in [2.75, 3.05) is 7.11 Å². The molecule has 2 rings (SSSR count). The normalized spacial score (nSPS) is 19.1. The molecule has 0 radical (unpaired) electrons. The third-order valence-corrected chi connectivity index (χ3v) is 4.65. The highest BCUT2D eigenvalue weighted by molar-refractivity contribution is 6.62. The summed E-state index contributed by atoms with van der Waals surface area (Å²) in [6.45, 7) is 7.50. The summed E-state index contributed by atoms with van der Waals surface area (Å²) in [6.07, 6.45) is 0. The number of nitro benzene ring substituents is 1. The number of nitro groups is 1. The van der Waals surface area contributed by atoms with Crippen LogP contribution in [0.25, 0.3) is 0 Å². The van der Waals surface area contributed by atoms with Gasteiger partial charge < -0.3 is 14.0 Å². The first-order valence-electron chi connectivity index (χ1n) is 7.65. The van der Waals surface area contributed by atoms with Crippen molar-refractivity contribution >= 4 is 24.2 Å². The first kappa shape index (κ1) is 18.9. The lowest BCUT2D eigenvalue weighted by atomic mass is 9.77. The number of carbonyl (C=O) groups is 1. The zero-order chi connectivity index (χ0) is 19.0. The second-order valence-corrected chi connectivity index (χ2v) is 6.75. The van der Waals surface area contributed by atoms with Crippen LogP contribution in [0.2, 0.25) is 0 Å². The molecule has 132 valence electrons. The third-order valence-electron chi connectivity index (χ3n) is 4.65. The summed E-state index contributed by atoms with van der Waals surface area (Å²) in [5.74, 6) is -2.23. The number of ether oxygens (including phenoxy) is 1. The Labute approximate surface area is 146 Å². The van der Waals surface area contributed by atoms with Crippen molar-refractivity contribution in [1.29, 1.82) is 5.26 Å². The molecule has 1 fully saturated rings. The largest absolute Gasteiger partial charge is 0.495 e. The first-order chi connectivity index (χ1) is 11.5. The number of benzene rings is 1. The number of hydrogen-bond donors (Lipinski definition) is 0. The van der Waals surface area contributed by atoms with Crippen LogP contribution in [0.5, 0.6) is 0 Å². The lowest BCUT2D eigenvalue weighted by Gasteiger charge is -2.32. The summed E-state index contributed by atoms with van der Waals surface area (Å²) < 4.78 is 16.3. The number of methoxy groups -OCH3 is 1. The van der Waals surface area contributed by atoms with Crippen molar-refractivity contribution in [3.63, 3.8) is 0 Å². The van der Waals surface area contributed by atoms with Crippen molar-refractivity contribution < 1.29 is 23.8 Å². The van der Waals surface area contributed by atoms with E-state index in [1.807, 2.05) is 27.7 Å². The summed E-state index contributed by atoms with van der Waals surface area (Å²) in [7, 11) is 0.341. The van der Waals surface area contributed by atoms with E-state index in [1.54, 1.807) is 12.1 Å². The number of rotatable bonds is 4. The van der Waals surface area contributed by atoms with Crippen molar-refractivity contribution in [2.24, 2.45) is 0 Å². The molecule has 1 aliphatic rings. The van der Waals surface area contributed by atoms with Gasteiger partial charge in [0.25, 0.3) is 5.69 Å². The zero-order valence-corrected chi connectivity index (χ0v) is 14.7. The van der Waals surface area contributed by atoms with Gasteiger partial charge in [0.05, 0.1) is 34.9 Å². The fraction of sp³-hybridized carbons (Fsp3) is 0.500. The highest BCUT2D eigenvalue weighted by atomic mass is 16.7. The van der Waals surface area contributed by atoms with Crippen molar-refractivity contribution in [3.8, 4) is 6.07 Å². The molecule has 0 N–H and O–H groups in total. The first-order valence-corrected chi connectivity index (χ1v) is 7.65. The van der Waals surface area contributed by atoms with Gasteiger partial charge >= 0.3 is 13.1 Å². The fourth-order valence-corrected chi connectivity index (χ4v) is 2.46. The summed E-state index contributed by atoms with van der Waals surface area (Å²) >= 11 is 0. The lowest BCUT2D eigenvalue weighted by molar-refractivity contribution is -0.385. The molecule has 0 amide bonds. The molecule has 9 heteroatoms. The molecule has 1 aromatic rings. The Kier molecular flexibility index (Phi) is 4.89. The smallest absolute Gasteiger partial charge is 0.468 e. The predicted octanol–water partition coefficient (Wildman–Crippen LogP) is 1.67. The molecular weight excluding hydrogens is 327 g/mol. The van der Waals surface area contributed by atoms with Crippen LogP contribution in [-0.2, 0) is 18.8 Å². The maximum Gasteiger partial charge on any atom is 0.495 e. The van der Waals surface area contributed by atoms with E-state index in [9.17, 15) is 20.2 Å². The van der Waals surface area contributed by atoms with E-state index in [0.717, 1.165) is 7.11 Å². The molecule has 0 aromatic heterocycles. The van der Waals surface area contributed by atoms with Gasteiger partial charge in [0.15, 0.2) is 5.92 Å². The summed E-state index contributed by atoms with van der Waals surface area (Å²) in [6, 6.07) is 5.92. The van der Waals surface area contributed by atoms with Crippen molar-refractivity contribution in [3.05, 3.63) is 33.9 Å². The molecule has 0 bridgehead atoms. The third kappa shape index (κ3) is 3.36. The Morgan fingerprint density at radius 3 is 2.32 bits per heavy atom. The molecule has 1 aliphatic heterocycles. The Morgan fingerprint density at radius 1 is 1.32 bits per heavy atom. The standard InChI is InChI=1S/C16H19BN2O6/c1-15(2)16(3,4)25-17(24-15)10-6-7-11(13(8-10)19(21)22)12(9-18)14(20)23-5/h6-8,12H,1-5H3. The predicted molar refractivity (Wildman–Crippen MR) is 89.2 cm³/mol. The van der Waals surface area contributed by atoms with Crippen molar-refractivity contribution in [2.45, 2.75) is 44.8 Å². The van der Waals surface area contributed by atoms with Crippen LogP contribution < -0.4 is 5.46 Å². The van der Waals surface area contributed by atoms with E-state index >= 15 is 0 Å². The van der Waals surface area contributed by atoms with E-state index < -0.39 is 35.1 Å². The number of carbonyl (C=O) groups excluding carboxylic acids is 1. The SMILES string of the molecule is COC(=O)C(C#N)c1ccc(B2OC(C)(C)C(C)(C)O2)cc1[N+](=O)[O-]. The molecule has 1 heterocycles. The molecule has 0 aliphatic carbocycles. The van der Waals surface area contributed by atoms with E-state index in [0.29, 0.717) is 5.46 Å². The molecule has 25 heavy (non-hydrogen) atoms. The van der Waals surface area contributed by atoms with Gasteiger partial charge in [-0.3, -0.25) is 14.9 Å². The molecule has 1 unspecified atom stereocenters. The van der Waals surface area contributed by atoms with Crippen LogP contribution in [0.3, 0.4) is 0 Å². The van der Waals surface area contributed by atoms with Crippen LogP contribution in [0.15, 0.2) is 18.2 Å². The minimum absolute atomic E-state index is 0.0281. The van der Waals surface area contributed by atoms with Gasteiger partial charge in [0, 0.05) is 6.07 Å². The summed E-state index contributed by atoms with van der Waals surface area (Å²) in [4.78, 5) is 22.5. The van der Waals surface area contributed by atoms with Gasteiger partial charge in [-0.2, -0.15) is 5.26 Å². The van der Waals surface area contributed by atoms with E-state index in [2.05, 4.69) is 4.74 Å². The minimum atomic E-state index is -1.38. The molecule has 1 saturated heterocycles. The van der Waals surface area contributed by atoms with Crippen LogP contribution in [0, 0.1) is 21.4 Å². The highest BCUT2D eigenvalue weighted by Crippen LogP contribution is 2.37. The molecule has 1 aromatic carbocycles. The Bertz CT molecular complexity index is 739. The minimum Gasteiger partial charge on any atom is -0.468 e. The summed E-state index contributed by atoms with van der Waals surface area (Å²) in [5.41, 5.74) is -1.13. The Balaban J connectivity index is 2.46. The van der Waals surface area contributed by atoms with Gasteiger partial charge in [-0.25, -0.2) is 0 Å². The van der Waals surface area contributed by atoms with E-state index in [-0.39, 0.29) is 11.3 Å². The second-order valence-electron chi connectivity index (χ2n) is 6.75. The summed E-state index contributed by atoms with van der Waals surface area (Å²) in [5, 5.41) is 20.6. The number of esters is 1.